The zero-order valence-corrected chi connectivity index (χ0v) is 11.7. The molecule has 104 valence electrons. The standard InChI is InChI=1S/C14H14N2O3S/c1-11(8-13-5-3-7-19-13)16-20(17,18)14-6-2-4-12(9-14)10-15/h2-7,9,11,16H,8H2,1H3/t11-/m0/s1. The molecule has 20 heavy (non-hydrogen) atoms. The summed E-state index contributed by atoms with van der Waals surface area (Å²) in [6.07, 6.45) is 2.01. The van der Waals surface area contributed by atoms with E-state index in [0.717, 1.165) is 0 Å². The topological polar surface area (TPSA) is 83.1 Å². The van der Waals surface area contributed by atoms with E-state index in [4.69, 9.17) is 9.68 Å². The lowest BCUT2D eigenvalue weighted by Gasteiger charge is -2.13. The SMILES string of the molecule is C[C@@H](Cc1ccco1)NS(=O)(=O)c1cccc(C#N)c1. The molecule has 0 aliphatic carbocycles. The molecule has 6 heteroatoms. The summed E-state index contributed by atoms with van der Waals surface area (Å²) in [5.41, 5.74) is 0.312. The number of furan rings is 1. The molecule has 5 nitrogen and oxygen atoms in total. The Bertz CT molecular complexity index is 715. The smallest absolute Gasteiger partial charge is 0.240 e. The first-order chi connectivity index (χ1) is 9.51. The predicted molar refractivity (Wildman–Crippen MR) is 73.4 cm³/mol. The van der Waals surface area contributed by atoms with Gasteiger partial charge < -0.3 is 4.42 Å². The molecule has 1 aromatic carbocycles. The van der Waals surface area contributed by atoms with Gasteiger partial charge in [0.2, 0.25) is 10.0 Å². The Morgan fingerprint density at radius 3 is 2.80 bits per heavy atom. The first-order valence-corrected chi connectivity index (χ1v) is 7.54. The van der Waals surface area contributed by atoms with Crippen LogP contribution >= 0.6 is 0 Å². The van der Waals surface area contributed by atoms with Crippen LogP contribution in [0, 0.1) is 11.3 Å². The number of rotatable bonds is 5. The van der Waals surface area contributed by atoms with Crippen molar-refractivity contribution in [1.29, 1.82) is 5.26 Å². The van der Waals surface area contributed by atoms with E-state index in [2.05, 4.69) is 4.72 Å². The van der Waals surface area contributed by atoms with Crippen LogP contribution in [0.5, 0.6) is 0 Å². The number of benzene rings is 1. The lowest BCUT2D eigenvalue weighted by molar-refractivity contribution is 0.479. The lowest BCUT2D eigenvalue weighted by Crippen LogP contribution is -2.34. The van der Waals surface area contributed by atoms with Crippen LogP contribution in [0.4, 0.5) is 0 Å². The second-order valence-corrected chi connectivity index (χ2v) is 6.16. The van der Waals surface area contributed by atoms with Crippen LogP contribution in [0.25, 0.3) is 0 Å². The Kier molecular flexibility index (Phi) is 4.23. The highest BCUT2D eigenvalue weighted by Crippen LogP contribution is 2.12. The number of sulfonamides is 1. The van der Waals surface area contributed by atoms with Gasteiger partial charge in [-0.3, -0.25) is 0 Å². The molecular formula is C14H14N2O3S. The molecule has 0 spiro atoms. The van der Waals surface area contributed by atoms with Gasteiger partial charge in [0.25, 0.3) is 0 Å². The van der Waals surface area contributed by atoms with E-state index in [9.17, 15) is 8.42 Å². The van der Waals surface area contributed by atoms with Crippen LogP contribution in [0.15, 0.2) is 52.0 Å². The zero-order chi connectivity index (χ0) is 14.6. The maximum absolute atomic E-state index is 12.2. The minimum absolute atomic E-state index is 0.0860. The number of hydrogen-bond donors (Lipinski definition) is 1. The summed E-state index contributed by atoms with van der Waals surface area (Å²) >= 11 is 0. The summed E-state index contributed by atoms with van der Waals surface area (Å²) in [4.78, 5) is 0.0860. The normalized spacial score (nSPS) is 12.8. The first kappa shape index (κ1) is 14.3. The lowest BCUT2D eigenvalue weighted by atomic mass is 10.2. The molecule has 1 N–H and O–H groups in total. The van der Waals surface area contributed by atoms with Crippen LogP contribution < -0.4 is 4.72 Å². The van der Waals surface area contributed by atoms with Crippen molar-refractivity contribution in [3.05, 3.63) is 54.0 Å². The summed E-state index contributed by atoms with van der Waals surface area (Å²) in [6, 6.07) is 11.1. The van der Waals surface area contributed by atoms with Crippen molar-refractivity contribution in [2.24, 2.45) is 0 Å². The molecule has 2 aromatic rings. The van der Waals surface area contributed by atoms with Gasteiger partial charge in [0.05, 0.1) is 22.8 Å². The van der Waals surface area contributed by atoms with Crippen LogP contribution in [-0.2, 0) is 16.4 Å². The third kappa shape index (κ3) is 3.47. The van der Waals surface area contributed by atoms with Crippen molar-refractivity contribution >= 4 is 10.0 Å². The number of nitrogens with zero attached hydrogens (tertiary/aromatic N) is 1. The summed E-state index contributed by atoms with van der Waals surface area (Å²) in [5.74, 6) is 0.714. The minimum Gasteiger partial charge on any atom is -0.469 e. The average molecular weight is 290 g/mol. The second kappa shape index (κ2) is 5.90. The van der Waals surface area contributed by atoms with Gasteiger partial charge in [-0.05, 0) is 37.3 Å². The van der Waals surface area contributed by atoms with Crippen molar-refractivity contribution in [3.63, 3.8) is 0 Å². The second-order valence-electron chi connectivity index (χ2n) is 4.45. The summed E-state index contributed by atoms with van der Waals surface area (Å²) in [5, 5.41) is 8.80. The fourth-order valence-corrected chi connectivity index (χ4v) is 3.13. The number of nitriles is 1. The maximum Gasteiger partial charge on any atom is 0.240 e. The Labute approximate surface area is 117 Å². The third-order valence-electron chi connectivity index (χ3n) is 2.72. The van der Waals surface area contributed by atoms with Gasteiger partial charge in [0.1, 0.15) is 5.76 Å². The quantitative estimate of drug-likeness (QED) is 0.913. The fraction of sp³-hybridized carbons (Fsp3) is 0.214. The Hall–Kier alpha value is -2.10. The molecule has 0 saturated carbocycles. The Morgan fingerprint density at radius 1 is 1.35 bits per heavy atom. The maximum atomic E-state index is 12.2. The molecule has 2 rings (SSSR count). The molecule has 0 saturated heterocycles. The van der Waals surface area contributed by atoms with Crippen LogP contribution in [0.2, 0.25) is 0 Å². The predicted octanol–water partition coefficient (Wildman–Crippen LogP) is 2.06. The largest absolute Gasteiger partial charge is 0.469 e. The Morgan fingerprint density at radius 2 is 2.15 bits per heavy atom. The third-order valence-corrected chi connectivity index (χ3v) is 4.30. The highest BCUT2D eigenvalue weighted by Gasteiger charge is 2.18. The van der Waals surface area contributed by atoms with Crippen molar-refractivity contribution in [2.45, 2.75) is 24.3 Å². The van der Waals surface area contributed by atoms with Crippen molar-refractivity contribution in [1.82, 2.24) is 4.72 Å². The summed E-state index contributed by atoms with van der Waals surface area (Å²) in [7, 11) is -3.64. The number of hydrogen-bond acceptors (Lipinski definition) is 4. The molecule has 0 aliphatic heterocycles. The highest BCUT2D eigenvalue weighted by molar-refractivity contribution is 7.89. The van der Waals surface area contributed by atoms with Gasteiger partial charge in [-0.25, -0.2) is 13.1 Å². The van der Waals surface area contributed by atoms with Gasteiger partial charge in [-0.2, -0.15) is 5.26 Å². The zero-order valence-electron chi connectivity index (χ0n) is 10.9. The molecule has 0 fully saturated rings. The van der Waals surface area contributed by atoms with Crippen molar-refractivity contribution < 1.29 is 12.8 Å². The van der Waals surface area contributed by atoms with E-state index in [1.165, 1.54) is 12.1 Å². The Balaban J connectivity index is 2.12. The minimum atomic E-state index is -3.64. The molecule has 0 radical (unpaired) electrons. The van der Waals surface area contributed by atoms with Crippen molar-refractivity contribution in [2.75, 3.05) is 0 Å². The van der Waals surface area contributed by atoms with Crippen LogP contribution in [-0.4, -0.2) is 14.5 Å². The van der Waals surface area contributed by atoms with E-state index >= 15 is 0 Å². The van der Waals surface area contributed by atoms with Gasteiger partial charge >= 0.3 is 0 Å². The summed E-state index contributed by atoms with van der Waals surface area (Å²) in [6.45, 7) is 1.76. The molecule has 0 amide bonds. The van der Waals surface area contributed by atoms with Gasteiger partial charge in [0.15, 0.2) is 0 Å². The van der Waals surface area contributed by atoms with Crippen LogP contribution in [0.3, 0.4) is 0 Å². The van der Waals surface area contributed by atoms with Gasteiger partial charge in [-0.1, -0.05) is 6.07 Å². The van der Waals surface area contributed by atoms with E-state index in [1.807, 2.05) is 6.07 Å². The monoisotopic (exact) mass is 290 g/mol. The molecule has 0 unspecified atom stereocenters. The van der Waals surface area contributed by atoms with E-state index in [-0.39, 0.29) is 10.9 Å². The van der Waals surface area contributed by atoms with Gasteiger partial charge in [0, 0.05) is 12.5 Å². The first-order valence-electron chi connectivity index (χ1n) is 6.06. The molecule has 0 aliphatic rings. The van der Waals surface area contributed by atoms with E-state index in [0.29, 0.717) is 17.7 Å². The average Bonchev–Trinajstić information content (AvgIpc) is 2.91. The molecular weight excluding hydrogens is 276 g/mol. The molecule has 1 atom stereocenters. The number of nitrogens with one attached hydrogen (secondary N) is 1. The molecule has 1 aromatic heterocycles. The molecule has 1 heterocycles. The van der Waals surface area contributed by atoms with Crippen molar-refractivity contribution in [3.8, 4) is 6.07 Å². The fourth-order valence-electron chi connectivity index (χ4n) is 1.84. The highest BCUT2D eigenvalue weighted by atomic mass is 32.2. The van der Waals surface area contributed by atoms with E-state index < -0.39 is 10.0 Å². The molecule has 0 bridgehead atoms. The summed E-state index contributed by atoms with van der Waals surface area (Å²) < 4.78 is 32.1. The van der Waals surface area contributed by atoms with Gasteiger partial charge in [-0.15, -0.1) is 0 Å². The van der Waals surface area contributed by atoms with E-state index in [1.54, 1.807) is 37.5 Å². The van der Waals surface area contributed by atoms with Crippen LogP contribution in [0.1, 0.15) is 18.2 Å².